The van der Waals surface area contributed by atoms with Crippen molar-refractivity contribution in [2.75, 3.05) is 13.6 Å². The molecule has 3 rings (SSSR count). The summed E-state index contributed by atoms with van der Waals surface area (Å²) in [5.74, 6) is 0.960. The van der Waals surface area contributed by atoms with Crippen molar-refractivity contribution in [1.82, 2.24) is 15.3 Å². The first-order valence-corrected chi connectivity index (χ1v) is 7.39. The summed E-state index contributed by atoms with van der Waals surface area (Å²) in [6.07, 6.45) is 1.00. The highest BCUT2D eigenvalue weighted by molar-refractivity contribution is 5.81. The zero-order chi connectivity index (χ0) is 14.8. The van der Waals surface area contributed by atoms with Gasteiger partial charge in [-0.2, -0.15) is 0 Å². The molecular weight excluding hydrogens is 258 g/mol. The number of likely N-dealkylation sites (N-methyl/N-ethyl adjacent to an activating group) is 1. The maximum atomic E-state index is 4.78. The number of H-pyrrole nitrogens is 1. The number of hydrogen-bond donors (Lipinski definition) is 2. The number of aromatic amines is 1. The van der Waals surface area contributed by atoms with Gasteiger partial charge in [0.25, 0.3) is 0 Å². The minimum Gasteiger partial charge on any atom is -0.338 e. The molecule has 2 N–H and O–H groups in total. The Bertz CT molecular complexity index is 732. The Morgan fingerprint density at radius 3 is 2.67 bits per heavy atom. The third kappa shape index (κ3) is 2.69. The quantitative estimate of drug-likeness (QED) is 0.766. The molecule has 0 saturated carbocycles. The topological polar surface area (TPSA) is 40.7 Å². The molecular formula is C18H21N3. The fraction of sp³-hybridized carbons (Fsp3) is 0.278. The monoisotopic (exact) mass is 279 g/mol. The molecule has 0 bridgehead atoms. The van der Waals surface area contributed by atoms with Crippen molar-refractivity contribution in [3.05, 3.63) is 53.1 Å². The van der Waals surface area contributed by atoms with Crippen molar-refractivity contribution in [2.24, 2.45) is 0 Å². The van der Waals surface area contributed by atoms with Crippen molar-refractivity contribution in [3.63, 3.8) is 0 Å². The van der Waals surface area contributed by atoms with Crippen molar-refractivity contribution < 1.29 is 0 Å². The number of aromatic nitrogens is 2. The van der Waals surface area contributed by atoms with Crippen molar-refractivity contribution in [2.45, 2.75) is 20.3 Å². The molecule has 21 heavy (non-hydrogen) atoms. The maximum absolute atomic E-state index is 4.78. The lowest BCUT2D eigenvalue weighted by molar-refractivity contribution is 0.792. The van der Waals surface area contributed by atoms with Gasteiger partial charge in [-0.05, 0) is 62.7 Å². The summed E-state index contributed by atoms with van der Waals surface area (Å²) in [6, 6.07) is 12.8. The number of fused-ring (bicyclic) bond motifs is 1. The Kier molecular flexibility index (Phi) is 3.76. The molecule has 0 atom stereocenters. The van der Waals surface area contributed by atoms with Crippen LogP contribution in [0, 0.1) is 13.8 Å². The Hall–Kier alpha value is -2.13. The molecule has 1 aromatic heterocycles. The lowest BCUT2D eigenvalue weighted by atomic mass is 10.0. The average Bonchev–Trinajstić information content (AvgIpc) is 2.88. The van der Waals surface area contributed by atoms with Crippen LogP contribution in [0.25, 0.3) is 22.4 Å². The minimum atomic E-state index is 0.960. The third-order valence-electron chi connectivity index (χ3n) is 4.01. The number of imidazole rings is 1. The Morgan fingerprint density at radius 1 is 1.10 bits per heavy atom. The predicted molar refractivity (Wildman–Crippen MR) is 88.6 cm³/mol. The molecule has 2 aromatic carbocycles. The van der Waals surface area contributed by atoms with E-state index in [-0.39, 0.29) is 0 Å². The highest BCUT2D eigenvalue weighted by Gasteiger charge is 2.10. The number of aryl methyl sites for hydroxylation is 2. The summed E-state index contributed by atoms with van der Waals surface area (Å²) in [5.41, 5.74) is 7.23. The van der Waals surface area contributed by atoms with Crippen LogP contribution in [0.3, 0.4) is 0 Å². The SMILES string of the molecule is CNCCc1ccccc1-c1nc2cc(C)c(C)cc2[nH]1. The Morgan fingerprint density at radius 2 is 1.86 bits per heavy atom. The van der Waals surface area contributed by atoms with E-state index in [9.17, 15) is 0 Å². The number of hydrogen-bond acceptors (Lipinski definition) is 2. The first-order valence-electron chi connectivity index (χ1n) is 7.39. The van der Waals surface area contributed by atoms with Crippen molar-refractivity contribution in [3.8, 4) is 11.4 Å². The van der Waals surface area contributed by atoms with Crippen LogP contribution >= 0.6 is 0 Å². The van der Waals surface area contributed by atoms with E-state index in [0.717, 1.165) is 29.8 Å². The molecule has 0 aliphatic carbocycles. The highest BCUT2D eigenvalue weighted by atomic mass is 14.9. The zero-order valence-electron chi connectivity index (χ0n) is 12.8. The van der Waals surface area contributed by atoms with Crippen LogP contribution in [-0.4, -0.2) is 23.6 Å². The van der Waals surface area contributed by atoms with Gasteiger partial charge < -0.3 is 10.3 Å². The normalized spacial score (nSPS) is 11.2. The van der Waals surface area contributed by atoms with E-state index < -0.39 is 0 Å². The maximum Gasteiger partial charge on any atom is 0.138 e. The summed E-state index contributed by atoms with van der Waals surface area (Å²) in [7, 11) is 1.98. The van der Waals surface area contributed by atoms with Crippen LogP contribution in [0.4, 0.5) is 0 Å². The second-order valence-electron chi connectivity index (χ2n) is 5.55. The second-order valence-corrected chi connectivity index (χ2v) is 5.55. The molecule has 0 fully saturated rings. The summed E-state index contributed by atoms with van der Waals surface area (Å²) in [4.78, 5) is 8.24. The lowest BCUT2D eigenvalue weighted by Crippen LogP contribution is -2.10. The van der Waals surface area contributed by atoms with Gasteiger partial charge in [0.15, 0.2) is 0 Å². The molecule has 0 spiro atoms. The van der Waals surface area contributed by atoms with Gasteiger partial charge in [-0.3, -0.25) is 0 Å². The minimum absolute atomic E-state index is 0.960. The largest absolute Gasteiger partial charge is 0.338 e. The molecule has 0 saturated heterocycles. The molecule has 108 valence electrons. The zero-order valence-corrected chi connectivity index (χ0v) is 12.8. The second kappa shape index (κ2) is 5.70. The van der Waals surface area contributed by atoms with Crippen LogP contribution < -0.4 is 5.32 Å². The average molecular weight is 279 g/mol. The molecule has 0 aliphatic rings. The molecule has 3 heteroatoms. The predicted octanol–water partition coefficient (Wildman–Crippen LogP) is 3.61. The van der Waals surface area contributed by atoms with Gasteiger partial charge in [-0.1, -0.05) is 24.3 Å². The fourth-order valence-electron chi connectivity index (χ4n) is 2.63. The molecule has 0 aliphatic heterocycles. The Balaban J connectivity index is 2.08. The molecule has 0 unspecified atom stereocenters. The fourth-order valence-corrected chi connectivity index (χ4v) is 2.63. The number of nitrogens with zero attached hydrogens (tertiary/aromatic N) is 1. The van der Waals surface area contributed by atoms with E-state index >= 15 is 0 Å². The Labute approximate surface area is 125 Å². The van der Waals surface area contributed by atoms with Gasteiger partial charge in [0, 0.05) is 5.56 Å². The molecule has 3 nitrogen and oxygen atoms in total. The van der Waals surface area contributed by atoms with E-state index in [2.05, 4.69) is 60.5 Å². The highest BCUT2D eigenvalue weighted by Crippen LogP contribution is 2.25. The van der Waals surface area contributed by atoms with E-state index in [1.54, 1.807) is 0 Å². The molecule has 3 aromatic rings. The lowest BCUT2D eigenvalue weighted by Gasteiger charge is -2.06. The van der Waals surface area contributed by atoms with E-state index in [1.165, 1.54) is 22.3 Å². The van der Waals surface area contributed by atoms with E-state index in [1.807, 2.05) is 7.05 Å². The van der Waals surface area contributed by atoms with Crippen molar-refractivity contribution >= 4 is 11.0 Å². The summed E-state index contributed by atoms with van der Waals surface area (Å²) in [5, 5.41) is 3.21. The van der Waals surface area contributed by atoms with E-state index in [4.69, 9.17) is 4.98 Å². The van der Waals surface area contributed by atoms with Crippen LogP contribution in [0.5, 0.6) is 0 Å². The van der Waals surface area contributed by atoms with Gasteiger partial charge in [0.05, 0.1) is 11.0 Å². The molecule has 0 radical (unpaired) electrons. The first kappa shape index (κ1) is 13.8. The molecule has 0 amide bonds. The van der Waals surface area contributed by atoms with Crippen LogP contribution in [0.2, 0.25) is 0 Å². The number of nitrogens with one attached hydrogen (secondary N) is 2. The van der Waals surface area contributed by atoms with Gasteiger partial charge in [-0.15, -0.1) is 0 Å². The summed E-state index contributed by atoms with van der Waals surface area (Å²) < 4.78 is 0. The van der Waals surface area contributed by atoms with Gasteiger partial charge in [-0.25, -0.2) is 4.98 Å². The van der Waals surface area contributed by atoms with Crippen molar-refractivity contribution in [1.29, 1.82) is 0 Å². The van der Waals surface area contributed by atoms with Crippen LogP contribution in [-0.2, 0) is 6.42 Å². The standard InChI is InChI=1S/C18H21N3/c1-12-10-16-17(11-13(12)2)21-18(20-16)15-7-5-4-6-14(15)8-9-19-3/h4-7,10-11,19H,8-9H2,1-3H3,(H,20,21). The number of rotatable bonds is 4. The number of benzene rings is 2. The summed E-state index contributed by atoms with van der Waals surface area (Å²) >= 11 is 0. The van der Waals surface area contributed by atoms with Gasteiger partial charge >= 0.3 is 0 Å². The van der Waals surface area contributed by atoms with E-state index in [0.29, 0.717) is 0 Å². The smallest absolute Gasteiger partial charge is 0.138 e. The van der Waals surface area contributed by atoms with Crippen LogP contribution in [0.1, 0.15) is 16.7 Å². The first-order chi connectivity index (χ1) is 10.2. The van der Waals surface area contributed by atoms with Gasteiger partial charge in [0.1, 0.15) is 5.82 Å². The third-order valence-corrected chi connectivity index (χ3v) is 4.01. The summed E-state index contributed by atoms with van der Waals surface area (Å²) in [6.45, 7) is 5.23. The molecule has 1 heterocycles. The van der Waals surface area contributed by atoms with Gasteiger partial charge in [0.2, 0.25) is 0 Å². The van der Waals surface area contributed by atoms with Crippen LogP contribution in [0.15, 0.2) is 36.4 Å².